The molecular weight excluding hydrogens is 413 g/mol. The predicted octanol–water partition coefficient (Wildman–Crippen LogP) is 4.19. The number of aromatic nitrogens is 2. The zero-order valence-corrected chi connectivity index (χ0v) is 17.8. The fourth-order valence-corrected chi connectivity index (χ4v) is 3.32. The molecule has 6 nitrogen and oxygen atoms in total. The molecule has 1 aromatic heterocycles. The average molecular weight is 434 g/mol. The minimum atomic E-state index is -0.491. The minimum absolute atomic E-state index is 0.152. The van der Waals surface area contributed by atoms with E-state index in [1.165, 1.54) is 0 Å². The highest BCUT2D eigenvalue weighted by Gasteiger charge is 2.22. The Kier molecular flexibility index (Phi) is 6.67. The van der Waals surface area contributed by atoms with Crippen LogP contribution in [0.5, 0.6) is 11.5 Å². The number of imidazole rings is 1. The third-order valence-corrected chi connectivity index (χ3v) is 5.22. The van der Waals surface area contributed by atoms with Gasteiger partial charge in [0.15, 0.2) is 0 Å². The summed E-state index contributed by atoms with van der Waals surface area (Å²) in [4.78, 5) is 17.2. The van der Waals surface area contributed by atoms with Gasteiger partial charge in [0.05, 0.1) is 30.7 Å². The monoisotopic (exact) mass is 433 g/mol. The number of aryl methyl sites for hydroxylation is 1. The van der Waals surface area contributed by atoms with Crippen molar-refractivity contribution in [1.29, 1.82) is 0 Å². The van der Waals surface area contributed by atoms with Crippen molar-refractivity contribution >= 4 is 29.1 Å². The Bertz CT molecular complexity index is 998. The van der Waals surface area contributed by atoms with Crippen molar-refractivity contribution < 1.29 is 14.3 Å². The van der Waals surface area contributed by atoms with Crippen LogP contribution in [0.15, 0.2) is 48.8 Å². The van der Waals surface area contributed by atoms with E-state index in [9.17, 15) is 4.79 Å². The normalized spacial score (nSPS) is 11.8. The van der Waals surface area contributed by atoms with E-state index in [4.69, 9.17) is 32.7 Å². The number of ether oxygens (including phenoxy) is 2. The summed E-state index contributed by atoms with van der Waals surface area (Å²) in [5.74, 6) is 1.75. The number of rotatable bonds is 7. The van der Waals surface area contributed by atoms with Crippen molar-refractivity contribution in [2.24, 2.45) is 7.05 Å². The molecule has 0 spiro atoms. The molecule has 152 valence electrons. The minimum Gasteiger partial charge on any atom is -0.497 e. The zero-order chi connectivity index (χ0) is 21.0. The molecule has 0 saturated carbocycles. The lowest BCUT2D eigenvalue weighted by molar-refractivity contribution is -0.121. The molecule has 2 aromatic carbocycles. The molecule has 0 aliphatic carbocycles. The molecule has 1 atom stereocenters. The van der Waals surface area contributed by atoms with Gasteiger partial charge in [0.25, 0.3) is 0 Å². The number of hydrogen-bond acceptors (Lipinski definition) is 4. The van der Waals surface area contributed by atoms with Gasteiger partial charge in [-0.25, -0.2) is 4.98 Å². The third-order valence-electron chi connectivity index (χ3n) is 4.48. The Balaban J connectivity index is 1.91. The van der Waals surface area contributed by atoms with Gasteiger partial charge in [-0.2, -0.15) is 0 Å². The lowest BCUT2D eigenvalue weighted by atomic mass is 10.0. The van der Waals surface area contributed by atoms with Crippen molar-refractivity contribution in [3.63, 3.8) is 0 Å². The van der Waals surface area contributed by atoms with E-state index in [1.54, 1.807) is 44.7 Å². The van der Waals surface area contributed by atoms with Gasteiger partial charge in [0.2, 0.25) is 5.91 Å². The summed E-state index contributed by atoms with van der Waals surface area (Å²) in [7, 11) is 5.03. The predicted molar refractivity (Wildman–Crippen MR) is 113 cm³/mol. The Morgan fingerprint density at radius 3 is 2.34 bits per heavy atom. The van der Waals surface area contributed by atoms with Gasteiger partial charge in [0, 0.05) is 25.5 Å². The number of amides is 1. The van der Waals surface area contributed by atoms with Gasteiger partial charge in [-0.05, 0) is 35.4 Å². The lowest BCUT2D eigenvalue weighted by Gasteiger charge is -2.20. The number of hydrogen-bond donors (Lipinski definition) is 1. The summed E-state index contributed by atoms with van der Waals surface area (Å²) in [6.45, 7) is 0. The molecule has 3 aromatic rings. The van der Waals surface area contributed by atoms with Crippen LogP contribution in [0.4, 0.5) is 0 Å². The fraction of sp³-hybridized carbons (Fsp3) is 0.238. The SMILES string of the molecule is COc1cc(OC)cc([C@H](NC(=O)Cc2ccc(Cl)c(Cl)c2)c2nccn2C)c1. The fourth-order valence-electron chi connectivity index (χ4n) is 3.00. The molecule has 1 heterocycles. The molecule has 0 saturated heterocycles. The van der Waals surface area contributed by atoms with E-state index in [0.29, 0.717) is 27.4 Å². The Hall–Kier alpha value is -2.70. The van der Waals surface area contributed by atoms with E-state index < -0.39 is 6.04 Å². The first-order valence-electron chi connectivity index (χ1n) is 8.84. The maximum absolute atomic E-state index is 12.8. The maximum Gasteiger partial charge on any atom is 0.225 e. The summed E-state index contributed by atoms with van der Waals surface area (Å²) < 4.78 is 12.6. The van der Waals surface area contributed by atoms with Crippen LogP contribution in [0.25, 0.3) is 0 Å². The smallest absolute Gasteiger partial charge is 0.225 e. The molecule has 0 radical (unpaired) electrons. The van der Waals surface area contributed by atoms with Crippen molar-refractivity contribution in [2.45, 2.75) is 12.5 Å². The van der Waals surface area contributed by atoms with E-state index in [-0.39, 0.29) is 12.3 Å². The first-order valence-corrected chi connectivity index (χ1v) is 9.60. The number of nitrogens with zero attached hydrogens (tertiary/aromatic N) is 2. The highest BCUT2D eigenvalue weighted by atomic mass is 35.5. The molecule has 0 fully saturated rings. The molecule has 0 aliphatic rings. The van der Waals surface area contributed by atoms with Gasteiger partial charge in [-0.1, -0.05) is 29.3 Å². The molecule has 0 bridgehead atoms. The average Bonchev–Trinajstić information content (AvgIpc) is 3.14. The second kappa shape index (κ2) is 9.20. The molecule has 3 rings (SSSR count). The first kappa shape index (κ1) is 21.0. The molecule has 1 amide bonds. The summed E-state index contributed by atoms with van der Waals surface area (Å²) in [6, 6.07) is 10.1. The van der Waals surface area contributed by atoms with Crippen LogP contribution >= 0.6 is 23.2 Å². The highest BCUT2D eigenvalue weighted by Crippen LogP contribution is 2.30. The van der Waals surface area contributed by atoms with Gasteiger partial charge < -0.3 is 19.4 Å². The van der Waals surface area contributed by atoms with E-state index in [0.717, 1.165) is 11.1 Å². The zero-order valence-electron chi connectivity index (χ0n) is 16.3. The number of methoxy groups -OCH3 is 2. The van der Waals surface area contributed by atoms with Gasteiger partial charge >= 0.3 is 0 Å². The van der Waals surface area contributed by atoms with Crippen LogP contribution in [0.3, 0.4) is 0 Å². The van der Waals surface area contributed by atoms with Crippen LogP contribution in [0.1, 0.15) is 23.0 Å². The van der Waals surface area contributed by atoms with E-state index >= 15 is 0 Å². The topological polar surface area (TPSA) is 65.4 Å². The summed E-state index contributed by atoms with van der Waals surface area (Å²) in [5, 5.41) is 3.91. The Labute approximate surface area is 179 Å². The molecule has 8 heteroatoms. The second-order valence-corrected chi connectivity index (χ2v) is 7.28. The van der Waals surface area contributed by atoms with Crippen LogP contribution < -0.4 is 14.8 Å². The van der Waals surface area contributed by atoms with Crippen LogP contribution in [0.2, 0.25) is 10.0 Å². The van der Waals surface area contributed by atoms with Crippen molar-refractivity contribution in [3.8, 4) is 11.5 Å². The summed E-state index contributed by atoms with van der Waals surface area (Å²) >= 11 is 12.0. The van der Waals surface area contributed by atoms with Crippen LogP contribution in [0, 0.1) is 0 Å². The molecule has 1 N–H and O–H groups in total. The van der Waals surface area contributed by atoms with E-state index in [2.05, 4.69) is 10.3 Å². The molecule has 29 heavy (non-hydrogen) atoms. The highest BCUT2D eigenvalue weighted by molar-refractivity contribution is 6.42. The number of halogens is 2. The standard InChI is InChI=1S/C21H21Cl2N3O3/c1-26-7-6-24-21(26)20(14-10-15(28-2)12-16(11-14)29-3)25-19(27)9-13-4-5-17(22)18(23)8-13/h4-8,10-12,20H,9H2,1-3H3,(H,25,27)/t20-/m0/s1. The van der Waals surface area contributed by atoms with Crippen molar-refractivity contribution in [2.75, 3.05) is 14.2 Å². The Morgan fingerprint density at radius 1 is 1.10 bits per heavy atom. The lowest BCUT2D eigenvalue weighted by Crippen LogP contribution is -2.32. The molecular formula is C21H21Cl2N3O3. The Morgan fingerprint density at radius 2 is 1.79 bits per heavy atom. The summed E-state index contributed by atoms with van der Waals surface area (Å²) in [6.07, 6.45) is 3.66. The largest absolute Gasteiger partial charge is 0.497 e. The number of benzene rings is 2. The summed E-state index contributed by atoms with van der Waals surface area (Å²) in [5.41, 5.74) is 1.55. The number of carbonyl (C=O) groups excluding carboxylic acids is 1. The number of carbonyl (C=O) groups is 1. The second-order valence-electron chi connectivity index (χ2n) is 6.47. The van der Waals surface area contributed by atoms with Crippen molar-refractivity contribution in [1.82, 2.24) is 14.9 Å². The van der Waals surface area contributed by atoms with Crippen LogP contribution in [-0.4, -0.2) is 29.7 Å². The molecule has 0 unspecified atom stereocenters. The number of nitrogens with one attached hydrogen (secondary N) is 1. The third kappa shape index (κ3) is 5.02. The quantitative estimate of drug-likeness (QED) is 0.606. The van der Waals surface area contributed by atoms with Crippen molar-refractivity contribution in [3.05, 3.63) is 75.8 Å². The van der Waals surface area contributed by atoms with Crippen LogP contribution in [-0.2, 0) is 18.3 Å². The van der Waals surface area contributed by atoms with Gasteiger partial charge in [-0.3, -0.25) is 4.79 Å². The van der Waals surface area contributed by atoms with E-state index in [1.807, 2.05) is 29.9 Å². The first-order chi connectivity index (χ1) is 13.9. The van der Waals surface area contributed by atoms with Gasteiger partial charge in [0.1, 0.15) is 23.4 Å². The molecule has 0 aliphatic heterocycles. The van der Waals surface area contributed by atoms with Gasteiger partial charge in [-0.15, -0.1) is 0 Å². The maximum atomic E-state index is 12.8.